The number of fused-ring (bicyclic) bond motifs is 2. The van der Waals surface area contributed by atoms with Crippen LogP contribution in [0.5, 0.6) is 5.75 Å². The molecule has 5 aromatic rings. The number of hydrogen-bond acceptors (Lipinski definition) is 13. The highest BCUT2D eigenvalue weighted by atomic mass is 19.1. The number of likely N-dealkylation sites (N-methyl/N-ethyl adjacent to an activating group) is 1. The molecule has 3 saturated heterocycles. The molecule has 1 aromatic carbocycles. The molecule has 0 bridgehead atoms. The van der Waals surface area contributed by atoms with Crippen LogP contribution < -0.4 is 36.0 Å². The van der Waals surface area contributed by atoms with Gasteiger partial charge in [0.1, 0.15) is 5.65 Å². The maximum Gasteiger partial charge on any atom is 0.294 e. The Labute approximate surface area is 327 Å². The van der Waals surface area contributed by atoms with Crippen LogP contribution >= 0.6 is 0 Å². The predicted molar refractivity (Wildman–Crippen MR) is 211 cm³/mol. The van der Waals surface area contributed by atoms with E-state index in [0.717, 1.165) is 74.0 Å². The van der Waals surface area contributed by atoms with Gasteiger partial charge >= 0.3 is 0 Å². The molecule has 0 saturated carbocycles. The Hall–Kier alpha value is -6.17. The fraction of sp³-hybridized carbons (Fsp3) is 0.436. The fourth-order valence-corrected chi connectivity index (χ4v) is 8.00. The number of aromatic nitrogens is 6. The summed E-state index contributed by atoms with van der Waals surface area (Å²) in [5.74, 6) is -0.910. The number of benzene rings is 1. The van der Waals surface area contributed by atoms with E-state index in [1.165, 1.54) is 23.9 Å². The van der Waals surface area contributed by atoms with Gasteiger partial charge in [0.15, 0.2) is 24.0 Å². The molecule has 8 rings (SSSR count). The van der Waals surface area contributed by atoms with Crippen molar-refractivity contribution in [1.29, 1.82) is 0 Å². The van der Waals surface area contributed by atoms with Crippen molar-refractivity contribution in [3.8, 4) is 5.75 Å². The van der Waals surface area contributed by atoms with Crippen molar-refractivity contribution in [2.24, 2.45) is 20.0 Å². The van der Waals surface area contributed by atoms with E-state index >= 15 is 0 Å². The van der Waals surface area contributed by atoms with Crippen molar-refractivity contribution in [3.63, 3.8) is 0 Å². The lowest BCUT2D eigenvalue weighted by atomic mass is 9.92. The van der Waals surface area contributed by atoms with Gasteiger partial charge in [0, 0.05) is 89.8 Å². The number of carbonyl (C=O) groups is 3. The Morgan fingerprint density at radius 1 is 0.965 bits per heavy atom. The molecule has 3 amide bonds. The molecule has 298 valence electrons. The lowest BCUT2D eigenvalue weighted by molar-refractivity contribution is -0.134. The molecular formula is C39H45FN12O5. The summed E-state index contributed by atoms with van der Waals surface area (Å²) in [5.41, 5.74) is 3.26. The number of piperazine rings is 1. The minimum Gasteiger partial charge on any atom is -0.478 e. The van der Waals surface area contributed by atoms with Crippen molar-refractivity contribution in [1.82, 2.24) is 44.8 Å². The zero-order chi connectivity index (χ0) is 39.8. The molecule has 4 aromatic heterocycles. The number of ether oxygens (including phenoxy) is 1. The molecule has 17 nitrogen and oxygen atoms in total. The first-order chi connectivity index (χ1) is 27.5. The first kappa shape index (κ1) is 37.7. The number of pyridine rings is 2. The Morgan fingerprint density at radius 3 is 2.51 bits per heavy atom. The molecule has 0 aliphatic carbocycles. The van der Waals surface area contributed by atoms with Gasteiger partial charge in [-0.25, -0.2) is 14.4 Å². The molecule has 3 aliphatic heterocycles. The number of imide groups is 1. The third kappa shape index (κ3) is 7.81. The number of aryl methyl sites for hydroxylation is 2. The number of nitrogens with one attached hydrogen (secondary N) is 3. The van der Waals surface area contributed by atoms with E-state index in [4.69, 9.17) is 9.84 Å². The number of rotatable bonds is 10. The van der Waals surface area contributed by atoms with Crippen molar-refractivity contribution in [2.75, 3.05) is 74.6 Å². The van der Waals surface area contributed by atoms with Crippen LogP contribution in [-0.4, -0.2) is 111 Å². The number of halogens is 1. The number of amides is 3. The first-order valence-electron chi connectivity index (χ1n) is 19.2. The van der Waals surface area contributed by atoms with Crippen LogP contribution in [0.3, 0.4) is 0 Å². The quantitative estimate of drug-likeness (QED) is 0.176. The summed E-state index contributed by atoms with van der Waals surface area (Å²) in [4.78, 5) is 68.8. The second-order valence-electron chi connectivity index (χ2n) is 14.9. The van der Waals surface area contributed by atoms with E-state index in [-0.39, 0.29) is 35.9 Å². The van der Waals surface area contributed by atoms with Crippen LogP contribution in [0, 0.1) is 11.7 Å². The average Bonchev–Trinajstić information content (AvgIpc) is 3.54. The molecule has 1 atom stereocenters. The Balaban J connectivity index is 0.850. The topological polar surface area (TPSA) is 185 Å². The monoisotopic (exact) mass is 780 g/mol. The van der Waals surface area contributed by atoms with E-state index in [0.29, 0.717) is 54.5 Å². The van der Waals surface area contributed by atoms with Crippen LogP contribution in [0.4, 0.5) is 27.5 Å². The van der Waals surface area contributed by atoms with E-state index < -0.39 is 17.3 Å². The normalized spacial score (nSPS) is 18.3. The van der Waals surface area contributed by atoms with Gasteiger partial charge in [-0.3, -0.25) is 38.6 Å². The Kier molecular flexibility index (Phi) is 10.4. The molecular weight excluding hydrogens is 736 g/mol. The highest BCUT2D eigenvalue weighted by Gasteiger charge is 2.32. The SMILES string of the molecule is CNC(=O)COc1cc2cc(Nc3nc(N4CCN(CC5CCN(c6ccc7c(C8CCC(=O)NC8=O)nn(C)c7c6)CC5)CC4)ncc3F)cnc2n(C)c1=O. The molecule has 0 radical (unpaired) electrons. The standard InChI is InChI=1S/C39H45FN12O5/c1-41-33(54)22-57-31-17-24-16-25(19-42-36(24)48(2)38(31)56)44-35-29(40)20-43-39(46-35)52-14-12-50(13-15-52)21-23-8-10-51(11-9-23)26-4-5-27-30(18-26)49(3)47-34(27)28-6-7-32(53)45-37(28)55/h4-5,16-20,23,28H,6-15,21-22H2,1-3H3,(H,41,54)(H,43,44,46)(H,45,53,55). The molecule has 3 N–H and O–H groups in total. The summed E-state index contributed by atoms with van der Waals surface area (Å²) in [6.07, 6.45) is 5.60. The lowest BCUT2D eigenvalue weighted by Crippen LogP contribution is -2.49. The zero-order valence-electron chi connectivity index (χ0n) is 32.1. The van der Waals surface area contributed by atoms with Gasteiger partial charge < -0.3 is 25.2 Å². The summed E-state index contributed by atoms with van der Waals surface area (Å²) in [5, 5.41) is 14.1. The van der Waals surface area contributed by atoms with Crippen molar-refractivity contribution < 1.29 is 23.5 Å². The van der Waals surface area contributed by atoms with E-state index in [2.05, 4.69) is 63.8 Å². The summed E-state index contributed by atoms with van der Waals surface area (Å²) >= 11 is 0. The third-order valence-corrected chi connectivity index (χ3v) is 11.2. The van der Waals surface area contributed by atoms with Crippen LogP contribution in [0.1, 0.15) is 37.3 Å². The molecule has 7 heterocycles. The number of nitrogens with zero attached hydrogens (tertiary/aromatic N) is 9. The zero-order valence-corrected chi connectivity index (χ0v) is 32.1. The van der Waals surface area contributed by atoms with Crippen molar-refractivity contribution in [3.05, 3.63) is 64.6 Å². The molecule has 0 spiro atoms. The largest absolute Gasteiger partial charge is 0.478 e. The maximum atomic E-state index is 15.0. The maximum absolute atomic E-state index is 15.0. The smallest absolute Gasteiger partial charge is 0.294 e. The average molecular weight is 781 g/mol. The predicted octanol–water partition coefficient (Wildman–Crippen LogP) is 2.18. The summed E-state index contributed by atoms with van der Waals surface area (Å²) in [6.45, 7) is 5.70. The van der Waals surface area contributed by atoms with Crippen LogP contribution in [0.15, 0.2) is 47.5 Å². The fourth-order valence-electron chi connectivity index (χ4n) is 8.00. The second kappa shape index (κ2) is 15.8. The summed E-state index contributed by atoms with van der Waals surface area (Å²) < 4.78 is 23.6. The van der Waals surface area contributed by atoms with Crippen molar-refractivity contribution in [2.45, 2.75) is 31.6 Å². The van der Waals surface area contributed by atoms with Gasteiger partial charge in [0.2, 0.25) is 17.8 Å². The summed E-state index contributed by atoms with van der Waals surface area (Å²) in [7, 11) is 4.94. The van der Waals surface area contributed by atoms with Gasteiger partial charge in [-0.2, -0.15) is 10.1 Å². The van der Waals surface area contributed by atoms with Gasteiger partial charge in [0.05, 0.1) is 35.2 Å². The van der Waals surface area contributed by atoms with Gasteiger partial charge in [-0.15, -0.1) is 0 Å². The minimum absolute atomic E-state index is 0.00349. The van der Waals surface area contributed by atoms with E-state index in [9.17, 15) is 23.6 Å². The van der Waals surface area contributed by atoms with Gasteiger partial charge in [0.25, 0.3) is 11.5 Å². The summed E-state index contributed by atoms with van der Waals surface area (Å²) in [6, 6.07) is 9.54. The molecule has 18 heteroatoms. The Bertz CT molecular complexity index is 2420. The van der Waals surface area contributed by atoms with Crippen LogP contribution in [0.25, 0.3) is 21.9 Å². The number of piperidine rings is 2. The Morgan fingerprint density at radius 2 is 1.75 bits per heavy atom. The first-order valence-corrected chi connectivity index (χ1v) is 19.2. The van der Waals surface area contributed by atoms with E-state index in [1.807, 2.05) is 11.7 Å². The molecule has 1 unspecified atom stereocenters. The highest BCUT2D eigenvalue weighted by molar-refractivity contribution is 6.02. The number of anilines is 4. The van der Waals surface area contributed by atoms with Gasteiger partial charge in [-0.1, -0.05) is 0 Å². The molecule has 3 aliphatic rings. The molecule has 3 fully saturated rings. The van der Waals surface area contributed by atoms with E-state index in [1.54, 1.807) is 13.1 Å². The van der Waals surface area contributed by atoms with Crippen LogP contribution in [0.2, 0.25) is 0 Å². The van der Waals surface area contributed by atoms with Gasteiger partial charge in [-0.05, 0) is 55.5 Å². The number of carbonyl (C=O) groups excluding carboxylic acids is 3. The molecule has 57 heavy (non-hydrogen) atoms. The minimum atomic E-state index is -0.615. The lowest BCUT2D eigenvalue weighted by Gasteiger charge is -2.39. The second-order valence-corrected chi connectivity index (χ2v) is 14.9. The highest BCUT2D eigenvalue weighted by Crippen LogP contribution is 2.34. The van der Waals surface area contributed by atoms with Crippen LogP contribution in [-0.2, 0) is 28.5 Å². The number of hydrogen-bond donors (Lipinski definition) is 3. The van der Waals surface area contributed by atoms with Crippen molar-refractivity contribution >= 4 is 62.8 Å². The third-order valence-electron chi connectivity index (χ3n) is 11.2.